The van der Waals surface area contributed by atoms with Gasteiger partial charge in [-0.25, -0.2) is 4.79 Å². The molecule has 0 spiro atoms. The molecule has 5 heteroatoms. The van der Waals surface area contributed by atoms with Crippen LogP contribution in [0.3, 0.4) is 0 Å². The number of aryl methyl sites for hydroxylation is 2. The van der Waals surface area contributed by atoms with Crippen molar-refractivity contribution in [2.45, 2.75) is 20.8 Å². The minimum Gasteiger partial charge on any atom is -0.491 e. The van der Waals surface area contributed by atoms with Crippen molar-refractivity contribution in [3.8, 4) is 5.75 Å². The number of urea groups is 1. The van der Waals surface area contributed by atoms with E-state index in [4.69, 9.17) is 4.74 Å². The number of hydrogen-bond donors (Lipinski definition) is 2. The molecule has 0 bridgehead atoms. The highest BCUT2D eigenvalue weighted by Crippen LogP contribution is 2.18. The number of Topliss-reactive ketones (excluding diaryl/α,β-unsaturated/α-hetero) is 1. The van der Waals surface area contributed by atoms with Crippen LogP contribution in [0.2, 0.25) is 0 Å². The van der Waals surface area contributed by atoms with Gasteiger partial charge in [-0.2, -0.15) is 0 Å². The van der Waals surface area contributed by atoms with Crippen LogP contribution in [0, 0.1) is 13.8 Å². The van der Waals surface area contributed by atoms with Crippen LogP contribution in [0.25, 0.3) is 0 Å². The van der Waals surface area contributed by atoms with Crippen LogP contribution < -0.4 is 15.4 Å². The Hall–Kier alpha value is -2.82. The van der Waals surface area contributed by atoms with Crippen LogP contribution in [-0.2, 0) is 0 Å². The van der Waals surface area contributed by atoms with E-state index in [1.54, 1.807) is 24.3 Å². The van der Waals surface area contributed by atoms with E-state index in [-0.39, 0.29) is 11.8 Å². The molecule has 0 aromatic heterocycles. The summed E-state index contributed by atoms with van der Waals surface area (Å²) in [6.07, 6.45) is 0. The fourth-order valence-corrected chi connectivity index (χ4v) is 2.15. The molecule has 0 saturated heterocycles. The Morgan fingerprint density at radius 1 is 1.04 bits per heavy atom. The first-order chi connectivity index (χ1) is 11.5. The number of benzene rings is 2. The highest BCUT2D eigenvalue weighted by atomic mass is 16.5. The minimum absolute atomic E-state index is 0.00501. The second-order valence-electron chi connectivity index (χ2n) is 5.63. The van der Waals surface area contributed by atoms with Gasteiger partial charge in [0.1, 0.15) is 12.4 Å². The maximum atomic E-state index is 11.8. The zero-order chi connectivity index (χ0) is 17.5. The summed E-state index contributed by atoms with van der Waals surface area (Å²) in [5.74, 6) is 0.826. The first-order valence-electron chi connectivity index (χ1n) is 7.81. The maximum Gasteiger partial charge on any atom is 0.319 e. The fraction of sp³-hybridized carbons (Fsp3) is 0.263. The van der Waals surface area contributed by atoms with E-state index in [2.05, 4.69) is 10.6 Å². The average molecular weight is 326 g/mol. The van der Waals surface area contributed by atoms with Gasteiger partial charge in [0.05, 0.1) is 6.54 Å². The predicted octanol–water partition coefficient (Wildman–Crippen LogP) is 3.71. The molecule has 0 radical (unpaired) electrons. The predicted molar refractivity (Wildman–Crippen MR) is 94.9 cm³/mol. The molecule has 2 aromatic rings. The lowest BCUT2D eigenvalue weighted by Gasteiger charge is -2.11. The largest absolute Gasteiger partial charge is 0.491 e. The van der Waals surface area contributed by atoms with Gasteiger partial charge >= 0.3 is 6.03 Å². The topological polar surface area (TPSA) is 67.4 Å². The first kappa shape index (κ1) is 17.5. The Bertz CT molecular complexity index is 724. The normalized spacial score (nSPS) is 10.1. The molecule has 126 valence electrons. The molecule has 0 heterocycles. The third kappa shape index (κ3) is 5.12. The van der Waals surface area contributed by atoms with Gasteiger partial charge in [-0.15, -0.1) is 0 Å². The van der Waals surface area contributed by atoms with Gasteiger partial charge in [0.2, 0.25) is 0 Å². The van der Waals surface area contributed by atoms with E-state index in [1.165, 1.54) is 6.92 Å². The lowest BCUT2D eigenvalue weighted by Crippen LogP contribution is -2.32. The Labute approximate surface area is 142 Å². The van der Waals surface area contributed by atoms with Crippen LogP contribution in [-0.4, -0.2) is 25.0 Å². The number of carbonyl (C=O) groups excluding carboxylic acids is 2. The molecule has 2 N–H and O–H groups in total. The van der Waals surface area contributed by atoms with E-state index in [9.17, 15) is 9.59 Å². The number of nitrogens with one attached hydrogen (secondary N) is 2. The van der Waals surface area contributed by atoms with Crippen molar-refractivity contribution >= 4 is 17.5 Å². The quantitative estimate of drug-likeness (QED) is 0.628. The van der Waals surface area contributed by atoms with Crippen LogP contribution in [0.4, 0.5) is 10.5 Å². The SMILES string of the molecule is CC(=O)c1ccc(NC(=O)NCCOc2cc(C)ccc2C)cc1. The average Bonchev–Trinajstić information content (AvgIpc) is 2.55. The van der Waals surface area contributed by atoms with Crippen molar-refractivity contribution in [1.29, 1.82) is 0 Å². The molecule has 2 rings (SSSR count). The maximum absolute atomic E-state index is 11.8. The van der Waals surface area contributed by atoms with Crippen LogP contribution >= 0.6 is 0 Å². The lowest BCUT2D eigenvalue weighted by molar-refractivity contribution is 0.101. The number of ketones is 1. The summed E-state index contributed by atoms with van der Waals surface area (Å²) in [4.78, 5) is 23.0. The molecule has 2 aromatic carbocycles. The van der Waals surface area contributed by atoms with Gasteiger partial charge in [0, 0.05) is 11.3 Å². The van der Waals surface area contributed by atoms with Gasteiger partial charge in [0.25, 0.3) is 0 Å². The van der Waals surface area contributed by atoms with Crippen LogP contribution in [0.15, 0.2) is 42.5 Å². The summed E-state index contributed by atoms with van der Waals surface area (Å²) in [6, 6.07) is 12.5. The fourth-order valence-electron chi connectivity index (χ4n) is 2.15. The van der Waals surface area contributed by atoms with Gasteiger partial charge < -0.3 is 15.4 Å². The van der Waals surface area contributed by atoms with Gasteiger partial charge in [-0.05, 0) is 62.2 Å². The molecule has 24 heavy (non-hydrogen) atoms. The molecule has 5 nitrogen and oxygen atoms in total. The molecule has 0 saturated carbocycles. The Morgan fingerprint density at radius 2 is 1.75 bits per heavy atom. The van der Waals surface area contributed by atoms with Crippen molar-refractivity contribution < 1.29 is 14.3 Å². The Balaban J connectivity index is 1.75. The van der Waals surface area contributed by atoms with Crippen molar-refractivity contribution in [2.75, 3.05) is 18.5 Å². The highest BCUT2D eigenvalue weighted by Gasteiger charge is 2.04. The van der Waals surface area contributed by atoms with Crippen molar-refractivity contribution in [3.63, 3.8) is 0 Å². The summed E-state index contributed by atoms with van der Waals surface area (Å²) in [6.45, 7) is 6.28. The zero-order valence-electron chi connectivity index (χ0n) is 14.2. The number of ether oxygens (including phenoxy) is 1. The van der Waals surface area contributed by atoms with Gasteiger partial charge in [-0.3, -0.25) is 4.79 Å². The third-order valence-corrected chi connectivity index (χ3v) is 3.54. The zero-order valence-corrected chi connectivity index (χ0v) is 14.2. The van der Waals surface area contributed by atoms with Gasteiger partial charge in [-0.1, -0.05) is 12.1 Å². The van der Waals surface area contributed by atoms with Crippen LogP contribution in [0.5, 0.6) is 5.75 Å². The molecule has 0 atom stereocenters. The molecule has 0 fully saturated rings. The van der Waals surface area contributed by atoms with E-state index >= 15 is 0 Å². The summed E-state index contributed by atoms with van der Waals surface area (Å²) < 4.78 is 5.68. The van der Waals surface area contributed by atoms with Crippen LogP contribution in [0.1, 0.15) is 28.4 Å². The van der Waals surface area contributed by atoms with E-state index < -0.39 is 0 Å². The standard InChI is InChI=1S/C19H22N2O3/c1-13-4-5-14(2)18(12-13)24-11-10-20-19(23)21-17-8-6-16(7-9-17)15(3)22/h4-9,12H,10-11H2,1-3H3,(H2,20,21,23). The molecule has 0 unspecified atom stereocenters. The molecule has 0 aliphatic rings. The Morgan fingerprint density at radius 3 is 2.42 bits per heavy atom. The van der Waals surface area contributed by atoms with E-state index in [0.717, 1.165) is 16.9 Å². The molecule has 2 amide bonds. The van der Waals surface area contributed by atoms with Gasteiger partial charge in [0.15, 0.2) is 5.78 Å². The number of carbonyl (C=O) groups is 2. The number of rotatable bonds is 6. The van der Waals surface area contributed by atoms with Crippen molar-refractivity contribution in [1.82, 2.24) is 5.32 Å². The lowest BCUT2D eigenvalue weighted by atomic mass is 10.1. The summed E-state index contributed by atoms with van der Waals surface area (Å²) in [5, 5.41) is 5.44. The number of anilines is 1. The molecular weight excluding hydrogens is 304 g/mol. The molecular formula is C19H22N2O3. The summed E-state index contributed by atoms with van der Waals surface area (Å²) in [5.41, 5.74) is 3.45. The van der Waals surface area contributed by atoms with E-state index in [1.807, 2.05) is 32.0 Å². The Kier molecular flexibility index (Phi) is 5.95. The number of hydrogen-bond acceptors (Lipinski definition) is 3. The monoisotopic (exact) mass is 326 g/mol. The smallest absolute Gasteiger partial charge is 0.319 e. The minimum atomic E-state index is -0.310. The second kappa shape index (κ2) is 8.15. The molecule has 0 aliphatic carbocycles. The van der Waals surface area contributed by atoms with E-state index in [0.29, 0.717) is 24.4 Å². The summed E-state index contributed by atoms with van der Waals surface area (Å²) in [7, 11) is 0. The summed E-state index contributed by atoms with van der Waals surface area (Å²) >= 11 is 0. The van der Waals surface area contributed by atoms with Crippen molar-refractivity contribution in [3.05, 3.63) is 59.2 Å². The first-order valence-corrected chi connectivity index (χ1v) is 7.81. The number of amides is 2. The third-order valence-electron chi connectivity index (χ3n) is 3.54. The van der Waals surface area contributed by atoms with Crippen molar-refractivity contribution in [2.24, 2.45) is 0 Å². The second-order valence-corrected chi connectivity index (χ2v) is 5.63. The molecule has 0 aliphatic heterocycles. The highest BCUT2D eigenvalue weighted by molar-refractivity contribution is 5.95.